The topological polar surface area (TPSA) is 62.7 Å². The van der Waals surface area contributed by atoms with Gasteiger partial charge in [-0.05, 0) is 11.6 Å². The number of anilines is 1. The van der Waals surface area contributed by atoms with Crippen LogP contribution in [-0.2, 0) is 12.6 Å². The van der Waals surface area contributed by atoms with Crippen LogP contribution in [-0.4, -0.2) is 4.98 Å². The molecule has 0 aromatic carbocycles. The zero-order valence-electron chi connectivity index (χ0n) is 6.97. The second-order valence-electron chi connectivity index (χ2n) is 2.60. The average Bonchev–Trinajstić information content (AvgIpc) is 2.07. The molecule has 0 aliphatic heterocycles. The van der Waals surface area contributed by atoms with E-state index in [1.54, 1.807) is 6.07 Å². The van der Waals surface area contributed by atoms with Gasteiger partial charge in [-0.1, -0.05) is 0 Å². The highest BCUT2D eigenvalue weighted by Gasteiger charge is 2.32. The van der Waals surface area contributed by atoms with E-state index in [2.05, 4.69) is 4.98 Å². The molecule has 0 saturated carbocycles. The summed E-state index contributed by atoms with van der Waals surface area (Å²) < 4.78 is 36.5. The molecule has 1 rings (SSSR count). The van der Waals surface area contributed by atoms with Crippen LogP contribution >= 0.6 is 0 Å². The second kappa shape index (κ2) is 3.54. The van der Waals surface area contributed by atoms with Crippen LogP contribution in [0.5, 0.6) is 0 Å². The number of rotatable bonds is 1. The normalized spacial score (nSPS) is 11.0. The number of alkyl halides is 3. The van der Waals surface area contributed by atoms with E-state index in [0.717, 1.165) is 12.3 Å². The van der Waals surface area contributed by atoms with Gasteiger partial charge in [-0.25, -0.2) is 4.98 Å². The van der Waals surface area contributed by atoms with Gasteiger partial charge in [0.15, 0.2) is 0 Å². The maximum Gasteiger partial charge on any atom is 0.433 e. The van der Waals surface area contributed by atoms with Crippen molar-refractivity contribution in [2.24, 2.45) is 0 Å². The van der Waals surface area contributed by atoms with Crippen LogP contribution in [0.1, 0.15) is 11.3 Å². The Bertz CT molecular complexity index is 378. The molecule has 0 fully saturated rings. The first-order valence-corrected chi connectivity index (χ1v) is 3.63. The minimum absolute atomic E-state index is 0.0968. The Morgan fingerprint density at radius 1 is 1.50 bits per heavy atom. The molecule has 74 valence electrons. The van der Waals surface area contributed by atoms with Crippen molar-refractivity contribution in [2.75, 3.05) is 5.73 Å². The van der Waals surface area contributed by atoms with Gasteiger partial charge in [0.1, 0.15) is 5.69 Å². The first-order chi connectivity index (χ1) is 6.45. The molecule has 0 aliphatic rings. The van der Waals surface area contributed by atoms with Crippen molar-refractivity contribution in [1.29, 1.82) is 5.26 Å². The summed E-state index contributed by atoms with van der Waals surface area (Å²) in [6, 6.07) is 2.52. The number of hydrogen-bond donors (Lipinski definition) is 1. The SMILES string of the molecule is N#CCc1cc(C(F)(F)F)ncc1N. The minimum atomic E-state index is -4.50. The van der Waals surface area contributed by atoms with Crippen LogP contribution in [0.3, 0.4) is 0 Å². The fourth-order valence-corrected chi connectivity index (χ4v) is 0.901. The third kappa shape index (κ3) is 2.13. The van der Waals surface area contributed by atoms with Crippen LogP contribution < -0.4 is 5.73 Å². The fraction of sp³-hybridized carbons (Fsp3) is 0.250. The maximum atomic E-state index is 12.2. The minimum Gasteiger partial charge on any atom is -0.397 e. The molecule has 0 amide bonds. The van der Waals surface area contributed by atoms with E-state index in [1.807, 2.05) is 0 Å². The highest BCUT2D eigenvalue weighted by atomic mass is 19.4. The third-order valence-corrected chi connectivity index (χ3v) is 1.58. The van der Waals surface area contributed by atoms with Gasteiger partial charge in [-0.3, -0.25) is 0 Å². The summed E-state index contributed by atoms with van der Waals surface area (Å²) in [5, 5.41) is 8.33. The predicted molar refractivity (Wildman–Crippen MR) is 43.0 cm³/mol. The van der Waals surface area contributed by atoms with Gasteiger partial charge in [-0.15, -0.1) is 0 Å². The van der Waals surface area contributed by atoms with Crippen molar-refractivity contribution >= 4 is 5.69 Å². The van der Waals surface area contributed by atoms with Crippen LogP contribution in [0.15, 0.2) is 12.3 Å². The molecule has 0 bridgehead atoms. The van der Waals surface area contributed by atoms with E-state index in [1.165, 1.54) is 0 Å². The molecule has 6 heteroatoms. The van der Waals surface area contributed by atoms with E-state index in [-0.39, 0.29) is 17.7 Å². The Morgan fingerprint density at radius 2 is 2.14 bits per heavy atom. The molecule has 3 nitrogen and oxygen atoms in total. The molecule has 14 heavy (non-hydrogen) atoms. The van der Waals surface area contributed by atoms with Gasteiger partial charge in [0.25, 0.3) is 0 Å². The zero-order chi connectivity index (χ0) is 10.8. The predicted octanol–water partition coefficient (Wildman–Crippen LogP) is 1.75. The zero-order valence-corrected chi connectivity index (χ0v) is 6.97. The maximum absolute atomic E-state index is 12.2. The van der Waals surface area contributed by atoms with Crippen molar-refractivity contribution < 1.29 is 13.2 Å². The molecular formula is C8H6F3N3. The highest BCUT2D eigenvalue weighted by molar-refractivity contribution is 5.46. The van der Waals surface area contributed by atoms with Gasteiger partial charge < -0.3 is 5.73 Å². The van der Waals surface area contributed by atoms with Crippen LogP contribution in [0.25, 0.3) is 0 Å². The highest BCUT2D eigenvalue weighted by Crippen LogP contribution is 2.29. The summed E-state index contributed by atoms with van der Waals surface area (Å²) in [7, 11) is 0. The fourth-order valence-electron chi connectivity index (χ4n) is 0.901. The smallest absolute Gasteiger partial charge is 0.397 e. The number of nitrogens with zero attached hydrogens (tertiary/aromatic N) is 2. The largest absolute Gasteiger partial charge is 0.433 e. The Morgan fingerprint density at radius 3 is 2.64 bits per heavy atom. The summed E-state index contributed by atoms with van der Waals surface area (Å²) in [4.78, 5) is 3.13. The monoisotopic (exact) mass is 201 g/mol. The summed E-state index contributed by atoms with van der Waals surface area (Å²) in [6.07, 6.45) is -3.75. The standard InChI is InChI=1S/C8H6F3N3/c9-8(10,11)7-3-5(1-2-12)6(13)4-14-7/h3-4H,1,13H2. The lowest BCUT2D eigenvalue weighted by molar-refractivity contribution is -0.141. The molecule has 1 aromatic heterocycles. The van der Waals surface area contributed by atoms with Gasteiger partial charge in [0, 0.05) is 0 Å². The molecule has 0 saturated heterocycles. The van der Waals surface area contributed by atoms with E-state index in [0.29, 0.717) is 0 Å². The van der Waals surface area contributed by atoms with E-state index in [4.69, 9.17) is 11.0 Å². The molecule has 0 radical (unpaired) electrons. The molecule has 1 aromatic rings. The van der Waals surface area contributed by atoms with Gasteiger partial charge in [-0.2, -0.15) is 18.4 Å². The van der Waals surface area contributed by atoms with Gasteiger partial charge in [0.2, 0.25) is 0 Å². The molecule has 2 N–H and O–H groups in total. The van der Waals surface area contributed by atoms with Crippen molar-refractivity contribution in [3.8, 4) is 6.07 Å². The Hall–Kier alpha value is -1.77. The summed E-state index contributed by atoms with van der Waals surface area (Å²) in [5.74, 6) is 0. The number of nitrogens with two attached hydrogens (primary N) is 1. The second-order valence-corrected chi connectivity index (χ2v) is 2.60. The molecule has 0 atom stereocenters. The van der Waals surface area contributed by atoms with Gasteiger partial charge in [0.05, 0.1) is 24.4 Å². The average molecular weight is 201 g/mol. The Labute approximate surface area is 78.0 Å². The molecule has 0 aliphatic carbocycles. The molecule has 1 heterocycles. The van der Waals surface area contributed by atoms with Crippen molar-refractivity contribution in [3.63, 3.8) is 0 Å². The van der Waals surface area contributed by atoms with Gasteiger partial charge >= 0.3 is 6.18 Å². The van der Waals surface area contributed by atoms with Crippen molar-refractivity contribution in [2.45, 2.75) is 12.6 Å². The summed E-state index contributed by atoms with van der Waals surface area (Å²) in [5.41, 5.74) is 4.55. The first kappa shape index (κ1) is 10.3. The number of halogens is 3. The van der Waals surface area contributed by atoms with Crippen LogP contribution in [0.4, 0.5) is 18.9 Å². The van der Waals surface area contributed by atoms with Crippen molar-refractivity contribution in [1.82, 2.24) is 4.98 Å². The number of nitriles is 1. The lowest BCUT2D eigenvalue weighted by Gasteiger charge is -2.07. The van der Waals surface area contributed by atoms with Crippen LogP contribution in [0.2, 0.25) is 0 Å². The number of hydrogen-bond acceptors (Lipinski definition) is 3. The lowest BCUT2D eigenvalue weighted by Crippen LogP contribution is -2.09. The molecule has 0 spiro atoms. The number of aromatic nitrogens is 1. The Kier molecular flexibility index (Phi) is 2.60. The van der Waals surface area contributed by atoms with E-state index in [9.17, 15) is 13.2 Å². The number of nitrogen functional groups attached to an aromatic ring is 1. The molecule has 0 unspecified atom stereocenters. The molecular weight excluding hydrogens is 195 g/mol. The van der Waals surface area contributed by atoms with E-state index >= 15 is 0 Å². The summed E-state index contributed by atoms with van der Waals surface area (Å²) in [6.45, 7) is 0. The first-order valence-electron chi connectivity index (χ1n) is 3.63. The Balaban J connectivity index is 3.14. The number of pyridine rings is 1. The van der Waals surface area contributed by atoms with Crippen LogP contribution in [0, 0.1) is 11.3 Å². The third-order valence-electron chi connectivity index (χ3n) is 1.58. The lowest BCUT2D eigenvalue weighted by atomic mass is 10.1. The quantitative estimate of drug-likeness (QED) is 0.752. The summed E-state index contributed by atoms with van der Waals surface area (Å²) >= 11 is 0. The van der Waals surface area contributed by atoms with E-state index < -0.39 is 11.9 Å². The van der Waals surface area contributed by atoms with Crippen molar-refractivity contribution in [3.05, 3.63) is 23.5 Å².